The molecule has 150 valence electrons. The molecule has 1 aliphatic heterocycles. The summed E-state index contributed by atoms with van der Waals surface area (Å²) in [6, 6.07) is 8.76. The van der Waals surface area contributed by atoms with E-state index in [9.17, 15) is 5.11 Å². The minimum absolute atomic E-state index is 0.270. The molecule has 1 aromatic rings. The number of hydrogen-bond donors (Lipinski definition) is 1. The van der Waals surface area contributed by atoms with E-state index in [0.717, 1.165) is 18.4 Å². The smallest absolute Gasteiger partial charge is 0.279 e. The molecule has 0 saturated carbocycles. The number of nitrogens with zero attached hydrogens (tertiary/aromatic N) is 1. The number of allylic oxidation sites excluding steroid dienone is 5. The fraction of sp³-hybridized carbons (Fsp3) is 0.360. The van der Waals surface area contributed by atoms with Gasteiger partial charge in [0, 0.05) is 23.0 Å². The van der Waals surface area contributed by atoms with Crippen LogP contribution in [0, 0.1) is 12.3 Å². The number of anilines is 1. The molecule has 1 atom stereocenters. The van der Waals surface area contributed by atoms with Gasteiger partial charge in [0.2, 0.25) is 0 Å². The Labute approximate surface area is 175 Å². The van der Waals surface area contributed by atoms with Crippen molar-refractivity contribution in [2.45, 2.75) is 57.7 Å². The molecule has 1 N–H and O–H groups in total. The molecule has 0 fully saturated rings. The van der Waals surface area contributed by atoms with Gasteiger partial charge in [0.15, 0.2) is 0 Å². The molecular weight excluding hydrogens is 357 g/mol. The first-order chi connectivity index (χ1) is 13.8. The first-order valence-corrected chi connectivity index (χ1v) is 10.2. The van der Waals surface area contributed by atoms with E-state index in [1.54, 1.807) is 13.8 Å². The summed E-state index contributed by atoms with van der Waals surface area (Å²) in [6.07, 6.45) is 19.9. The van der Waals surface area contributed by atoms with Crippen molar-refractivity contribution in [3.05, 3.63) is 72.0 Å². The van der Waals surface area contributed by atoms with E-state index in [0.29, 0.717) is 7.48 Å². The van der Waals surface area contributed by atoms with Crippen molar-refractivity contribution in [1.82, 2.24) is 0 Å². The van der Waals surface area contributed by atoms with Crippen LogP contribution in [0.4, 0.5) is 5.69 Å². The Kier molecular flexibility index (Phi) is 6.22. The van der Waals surface area contributed by atoms with Gasteiger partial charge in [-0.25, -0.2) is 0 Å². The maximum absolute atomic E-state index is 10.2. The summed E-state index contributed by atoms with van der Waals surface area (Å²) < 4.78 is 5.91. The lowest BCUT2D eigenvalue weighted by atomic mass is 9.85. The van der Waals surface area contributed by atoms with Gasteiger partial charge in [0.25, 0.3) is 7.48 Å². The van der Waals surface area contributed by atoms with Crippen LogP contribution in [0.5, 0.6) is 0 Å². The molecule has 0 aromatic heterocycles. The Morgan fingerprint density at radius 1 is 1.34 bits per heavy atom. The first-order valence-electron chi connectivity index (χ1n) is 10.2. The molecule has 2 aliphatic rings. The monoisotopic (exact) mass is 387 g/mol. The van der Waals surface area contributed by atoms with E-state index in [-0.39, 0.29) is 6.04 Å². The second-order valence-corrected chi connectivity index (χ2v) is 8.53. The van der Waals surface area contributed by atoms with Gasteiger partial charge < -0.3 is 14.7 Å². The van der Waals surface area contributed by atoms with Gasteiger partial charge in [-0.15, -0.1) is 6.42 Å². The number of fused-ring (bicyclic) bond motifs is 3. The molecule has 0 amide bonds. The zero-order chi connectivity index (χ0) is 21.1. The molecule has 0 bridgehead atoms. The molecular formula is C25H30BNO2. The predicted molar refractivity (Wildman–Crippen MR) is 124 cm³/mol. The highest BCUT2D eigenvalue weighted by molar-refractivity contribution is 6.28. The number of hydrogen-bond acceptors (Lipinski definition) is 3. The Hall–Kier alpha value is -2.48. The lowest BCUT2D eigenvalue weighted by molar-refractivity contribution is -0.0901. The average molecular weight is 387 g/mol. The molecule has 0 spiro atoms. The van der Waals surface area contributed by atoms with Crippen molar-refractivity contribution in [2.24, 2.45) is 0 Å². The van der Waals surface area contributed by atoms with Crippen LogP contribution >= 0.6 is 0 Å². The number of terminal acetylenes is 1. The summed E-state index contributed by atoms with van der Waals surface area (Å²) in [6.45, 7) is 7.36. The van der Waals surface area contributed by atoms with Crippen LogP contribution < -0.4 is 4.90 Å². The van der Waals surface area contributed by atoms with Crippen LogP contribution in [-0.2, 0) is 4.65 Å². The van der Waals surface area contributed by atoms with E-state index in [1.165, 1.54) is 16.8 Å². The van der Waals surface area contributed by atoms with E-state index >= 15 is 0 Å². The lowest BCUT2D eigenvalue weighted by Crippen LogP contribution is -2.47. The maximum Gasteiger partial charge on any atom is 0.279 e. The third-order valence-electron chi connectivity index (χ3n) is 5.94. The summed E-state index contributed by atoms with van der Waals surface area (Å²) >= 11 is 0. The standard InChI is InChI=1S/C25H30BNO2/c1-6-12-19(13-11-18-26-29-25(4,5)24(2,3)28)27-22-16-9-7-14-20(22)21-15-8-10-17-23(21)27/h1,7-16,23,26,28H,17-18H2,2-5H3/b13-11-,19-12+. The predicted octanol–water partition coefficient (Wildman–Crippen LogP) is 4.63. The highest BCUT2D eigenvalue weighted by Crippen LogP contribution is 2.45. The van der Waals surface area contributed by atoms with Crippen LogP contribution in [0.15, 0.2) is 66.4 Å². The van der Waals surface area contributed by atoms with E-state index in [1.807, 2.05) is 19.9 Å². The minimum atomic E-state index is -0.901. The van der Waals surface area contributed by atoms with Gasteiger partial charge in [0.1, 0.15) is 0 Å². The van der Waals surface area contributed by atoms with Crippen molar-refractivity contribution < 1.29 is 9.76 Å². The van der Waals surface area contributed by atoms with Gasteiger partial charge in [-0.3, -0.25) is 0 Å². The summed E-state index contributed by atoms with van der Waals surface area (Å²) in [5.41, 5.74) is 3.30. The minimum Gasteiger partial charge on any atom is -0.432 e. The van der Waals surface area contributed by atoms with Crippen molar-refractivity contribution in [2.75, 3.05) is 4.90 Å². The molecule has 4 heteroatoms. The SMILES string of the molecule is C#C/C=C(\C=C/CBOC(C)(C)C(C)(C)O)N1c2ccccc2C2=CC=CCC21. The Morgan fingerprint density at radius 3 is 2.83 bits per heavy atom. The number of benzene rings is 1. The largest absolute Gasteiger partial charge is 0.432 e. The van der Waals surface area contributed by atoms with Crippen molar-refractivity contribution in [3.8, 4) is 12.3 Å². The molecule has 1 aliphatic carbocycles. The van der Waals surface area contributed by atoms with Gasteiger partial charge >= 0.3 is 0 Å². The van der Waals surface area contributed by atoms with Crippen molar-refractivity contribution >= 4 is 18.7 Å². The summed E-state index contributed by atoms with van der Waals surface area (Å²) in [5.74, 6) is 2.70. The van der Waals surface area contributed by atoms with Gasteiger partial charge in [-0.1, -0.05) is 48.4 Å². The number of rotatable bonds is 7. The quantitative estimate of drug-likeness (QED) is 0.321. The van der Waals surface area contributed by atoms with Gasteiger partial charge in [-0.2, -0.15) is 0 Å². The van der Waals surface area contributed by atoms with Crippen LogP contribution in [-0.4, -0.2) is 29.8 Å². The molecule has 1 heterocycles. The summed E-state index contributed by atoms with van der Waals surface area (Å²) in [4.78, 5) is 2.34. The Morgan fingerprint density at radius 2 is 2.10 bits per heavy atom. The molecule has 0 radical (unpaired) electrons. The molecule has 0 saturated heterocycles. The molecule has 29 heavy (non-hydrogen) atoms. The van der Waals surface area contributed by atoms with Crippen molar-refractivity contribution in [3.63, 3.8) is 0 Å². The lowest BCUT2D eigenvalue weighted by Gasteiger charge is -2.37. The highest BCUT2D eigenvalue weighted by atomic mass is 16.5. The third kappa shape index (κ3) is 4.42. The molecule has 1 aromatic carbocycles. The van der Waals surface area contributed by atoms with E-state index in [2.05, 4.69) is 65.5 Å². The fourth-order valence-corrected chi connectivity index (χ4v) is 3.59. The highest BCUT2D eigenvalue weighted by Gasteiger charge is 2.36. The van der Waals surface area contributed by atoms with Crippen LogP contribution in [0.25, 0.3) is 5.57 Å². The van der Waals surface area contributed by atoms with Gasteiger partial charge in [-0.05, 0) is 58.2 Å². The average Bonchev–Trinajstić information content (AvgIpc) is 3.00. The van der Waals surface area contributed by atoms with Crippen LogP contribution in [0.2, 0.25) is 6.32 Å². The molecule has 1 unspecified atom stereocenters. The zero-order valence-corrected chi connectivity index (χ0v) is 17.9. The fourth-order valence-electron chi connectivity index (χ4n) is 3.59. The summed E-state index contributed by atoms with van der Waals surface area (Å²) in [5, 5.41) is 10.2. The Bertz CT molecular complexity index is 909. The molecule has 3 rings (SSSR count). The van der Waals surface area contributed by atoms with Gasteiger partial charge in [0.05, 0.1) is 17.2 Å². The van der Waals surface area contributed by atoms with Crippen LogP contribution in [0.1, 0.15) is 39.7 Å². The zero-order valence-electron chi connectivity index (χ0n) is 17.9. The maximum atomic E-state index is 10.2. The topological polar surface area (TPSA) is 32.7 Å². The van der Waals surface area contributed by atoms with E-state index in [4.69, 9.17) is 11.1 Å². The number of aliphatic hydroxyl groups is 1. The molecule has 3 nitrogen and oxygen atoms in total. The van der Waals surface area contributed by atoms with Crippen LogP contribution in [0.3, 0.4) is 0 Å². The third-order valence-corrected chi connectivity index (χ3v) is 5.94. The second-order valence-electron chi connectivity index (χ2n) is 8.53. The Balaban J connectivity index is 1.75. The normalized spacial score (nSPS) is 19.0. The summed E-state index contributed by atoms with van der Waals surface area (Å²) in [7, 11) is 0.532. The first kappa shape index (κ1) is 21.2. The van der Waals surface area contributed by atoms with Crippen molar-refractivity contribution in [1.29, 1.82) is 0 Å². The second kappa shape index (κ2) is 8.49. The van der Waals surface area contributed by atoms with E-state index < -0.39 is 11.2 Å². The number of para-hydroxylation sites is 1.